The molecule has 0 radical (unpaired) electrons. The molecule has 1 rings (SSSR count). The Kier molecular flexibility index (Phi) is 5.70. The van der Waals surface area contributed by atoms with Crippen molar-refractivity contribution in [2.24, 2.45) is 0 Å². The van der Waals surface area contributed by atoms with Gasteiger partial charge < -0.3 is 29.5 Å². The average Bonchev–Trinajstić information content (AvgIpc) is 2.43. The maximum Gasteiger partial charge on any atom is 0.203 e. The summed E-state index contributed by atoms with van der Waals surface area (Å²) in [6, 6.07) is 3.23. The molecule has 0 spiro atoms. The Morgan fingerprint density at radius 1 is 1.11 bits per heavy atom. The Balaban J connectivity index is 2.99. The molecule has 0 aliphatic heterocycles. The quantitative estimate of drug-likeness (QED) is 0.634. The lowest BCUT2D eigenvalue weighted by Gasteiger charge is -2.16. The fourth-order valence-corrected chi connectivity index (χ4v) is 1.40. The zero-order valence-corrected chi connectivity index (χ0v) is 10.4. The van der Waals surface area contributed by atoms with E-state index in [1.54, 1.807) is 12.1 Å². The van der Waals surface area contributed by atoms with E-state index < -0.39 is 6.10 Å². The number of hydrogen-bond acceptors (Lipinski definition) is 6. The van der Waals surface area contributed by atoms with Gasteiger partial charge >= 0.3 is 0 Å². The molecule has 0 aliphatic carbocycles. The van der Waals surface area contributed by atoms with E-state index in [2.05, 4.69) is 0 Å². The summed E-state index contributed by atoms with van der Waals surface area (Å²) in [4.78, 5) is 0. The normalized spacial score (nSPS) is 12.1. The molecule has 1 aromatic rings. The second-order valence-corrected chi connectivity index (χ2v) is 3.63. The van der Waals surface area contributed by atoms with Crippen molar-refractivity contribution in [3.8, 4) is 17.2 Å². The molecule has 0 aliphatic rings. The van der Waals surface area contributed by atoms with Crippen LogP contribution in [0.2, 0.25) is 0 Å². The molecule has 0 saturated heterocycles. The van der Waals surface area contributed by atoms with Crippen molar-refractivity contribution < 1.29 is 29.5 Å². The van der Waals surface area contributed by atoms with Crippen molar-refractivity contribution in [1.29, 1.82) is 0 Å². The predicted molar refractivity (Wildman–Crippen MR) is 64.1 cm³/mol. The van der Waals surface area contributed by atoms with Crippen molar-refractivity contribution in [3.05, 3.63) is 17.7 Å². The number of hydrogen-bond donors (Lipinski definition) is 3. The van der Waals surface area contributed by atoms with Crippen LogP contribution >= 0.6 is 0 Å². The third-order valence-corrected chi connectivity index (χ3v) is 2.33. The molecule has 102 valence electrons. The maximum absolute atomic E-state index is 9.25. The van der Waals surface area contributed by atoms with Crippen molar-refractivity contribution in [1.82, 2.24) is 0 Å². The zero-order chi connectivity index (χ0) is 13.5. The van der Waals surface area contributed by atoms with E-state index in [1.807, 2.05) is 0 Å². The highest BCUT2D eigenvalue weighted by atomic mass is 16.5. The van der Waals surface area contributed by atoms with E-state index in [0.29, 0.717) is 22.8 Å². The number of aliphatic hydroxyl groups is 3. The largest absolute Gasteiger partial charge is 0.493 e. The second kappa shape index (κ2) is 7.05. The molecule has 1 atom stereocenters. The van der Waals surface area contributed by atoms with Crippen LogP contribution in [-0.2, 0) is 6.61 Å². The standard InChI is InChI=1S/C12H18O6/c1-16-10-3-8(5-13)4-11(17-2)12(10)18-7-9(15)6-14/h3-4,9,13-15H,5-7H2,1-2H3. The molecule has 3 N–H and O–H groups in total. The molecule has 6 heteroatoms. The van der Waals surface area contributed by atoms with E-state index in [4.69, 9.17) is 24.4 Å². The average molecular weight is 258 g/mol. The lowest BCUT2D eigenvalue weighted by Crippen LogP contribution is -2.21. The number of rotatable bonds is 7. The van der Waals surface area contributed by atoms with Crippen LogP contribution in [0.1, 0.15) is 5.56 Å². The van der Waals surface area contributed by atoms with Crippen LogP contribution in [0, 0.1) is 0 Å². The third-order valence-electron chi connectivity index (χ3n) is 2.33. The van der Waals surface area contributed by atoms with Crippen LogP contribution in [0.4, 0.5) is 0 Å². The van der Waals surface area contributed by atoms with E-state index >= 15 is 0 Å². The van der Waals surface area contributed by atoms with E-state index in [0.717, 1.165) is 0 Å². The van der Waals surface area contributed by atoms with Crippen LogP contribution in [0.15, 0.2) is 12.1 Å². The Morgan fingerprint density at radius 3 is 2.06 bits per heavy atom. The minimum absolute atomic E-state index is 0.0817. The van der Waals surface area contributed by atoms with Crippen LogP contribution in [0.25, 0.3) is 0 Å². The van der Waals surface area contributed by atoms with Gasteiger partial charge in [0.2, 0.25) is 5.75 Å². The van der Waals surface area contributed by atoms with Gasteiger partial charge in [-0.05, 0) is 17.7 Å². The predicted octanol–water partition coefficient (Wildman–Crippen LogP) is -0.0719. The third kappa shape index (κ3) is 3.49. The minimum Gasteiger partial charge on any atom is -0.493 e. The Hall–Kier alpha value is -1.50. The summed E-state index contributed by atoms with van der Waals surface area (Å²) in [5.41, 5.74) is 0.624. The lowest BCUT2D eigenvalue weighted by atomic mass is 10.2. The summed E-state index contributed by atoms with van der Waals surface area (Å²) in [6.45, 7) is -0.618. The summed E-state index contributed by atoms with van der Waals surface area (Å²) in [5.74, 6) is 1.11. The number of benzene rings is 1. The van der Waals surface area contributed by atoms with E-state index in [1.165, 1.54) is 14.2 Å². The molecule has 0 amide bonds. The SMILES string of the molecule is COc1cc(CO)cc(OC)c1OCC(O)CO. The highest BCUT2D eigenvalue weighted by Crippen LogP contribution is 2.38. The molecule has 1 aromatic carbocycles. The van der Waals surface area contributed by atoms with Crippen molar-refractivity contribution in [2.75, 3.05) is 27.4 Å². The fourth-order valence-electron chi connectivity index (χ4n) is 1.40. The number of ether oxygens (including phenoxy) is 3. The number of aliphatic hydroxyl groups excluding tert-OH is 3. The molecule has 0 fully saturated rings. The van der Waals surface area contributed by atoms with Crippen LogP contribution in [0.5, 0.6) is 17.2 Å². The summed E-state index contributed by atoms with van der Waals surface area (Å²) >= 11 is 0. The monoisotopic (exact) mass is 258 g/mol. The van der Waals surface area contributed by atoms with Gasteiger partial charge in [0.15, 0.2) is 11.5 Å². The van der Waals surface area contributed by atoms with Gasteiger partial charge in [0, 0.05) is 0 Å². The second-order valence-electron chi connectivity index (χ2n) is 3.63. The summed E-state index contributed by atoms with van der Waals surface area (Å²) < 4.78 is 15.6. The first-order valence-electron chi connectivity index (χ1n) is 5.43. The van der Waals surface area contributed by atoms with E-state index in [-0.39, 0.29) is 19.8 Å². The Morgan fingerprint density at radius 2 is 1.67 bits per heavy atom. The van der Waals surface area contributed by atoms with E-state index in [9.17, 15) is 5.11 Å². The molecule has 18 heavy (non-hydrogen) atoms. The molecular weight excluding hydrogens is 240 g/mol. The van der Waals surface area contributed by atoms with Crippen LogP contribution in [0.3, 0.4) is 0 Å². The van der Waals surface area contributed by atoms with Crippen molar-refractivity contribution in [3.63, 3.8) is 0 Å². The van der Waals surface area contributed by atoms with Gasteiger partial charge in [-0.3, -0.25) is 0 Å². The molecule has 6 nitrogen and oxygen atoms in total. The van der Waals surface area contributed by atoms with Gasteiger partial charge in [0.1, 0.15) is 12.7 Å². The first-order chi connectivity index (χ1) is 8.65. The smallest absolute Gasteiger partial charge is 0.203 e. The van der Waals surface area contributed by atoms with Crippen LogP contribution < -0.4 is 14.2 Å². The van der Waals surface area contributed by atoms with Crippen LogP contribution in [-0.4, -0.2) is 48.9 Å². The summed E-state index contributed by atoms with van der Waals surface area (Å²) in [6.07, 6.45) is -0.975. The molecule has 0 saturated carbocycles. The Bertz CT molecular complexity index is 354. The van der Waals surface area contributed by atoms with Gasteiger partial charge in [-0.15, -0.1) is 0 Å². The molecule has 0 bridgehead atoms. The highest BCUT2D eigenvalue weighted by molar-refractivity contribution is 5.53. The van der Waals surface area contributed by atoms with Gasteiger partial charge in [-0.2, -0.15) is 0 Å². The summed E-state index contributed by atoms with van der Waals surface area (Å²) in [7, 11) is 2.93. The van der Waals surface area contributed by atoms with Crippen molar-refractivity contribution in [2.45, 2.75) is 12.7 Å². The van der Waals surface area contributed by atoms with Gasteiger partial charge in [-0.25, -0.2) is 0 Å². The highest BCUT2D eigenvalue weighted by Gasteiger charge is 2.15. The minimum atomic E-state index is -0.975. The fraction of sp³-hybridized carbons (Fsp3) is 0.500. The molecule has 0 heterocycles. The molecule has 0 aromatic heterocycles. The maximum atomic E-state index is 9.25. The van der Waals surface area contributed by atoms with Crippen molar-refractivity contribution >= 4 is 0 Å². The topological polar surface area (TPSA) is 88.4 Å². The molecular formula is C12H18O6. The Labute approximate surface area is 105 Å². The zero-order valence-electron chi connectivity index (χ0n) is 10.4. The number of methoxy groups -OCH3 is 2. The summed E-state index contributed by atoms with van der Waals surface area (Å²) in [5, 5.41) is 27.1. The van der Waals surface area contributed by atoms with Gasteiger partial charge in [0.05, 0.1) is 27.4 Å². The van der Waals surface area contributed by atoms with Gasteiger partial charge in [-0.1, -0.05) is 0 Å². The first-order valence-corrected chi connectivity index (χ1v) is 5.43. The molecule has 1 unspecified atom stereocenters. The van der Waals surface area contributed by atoms with Gasteiger partial charge in [0.25, 0.3) is 0 Å². The first kappa shape index (κ1) is 14.6. The lowest BCUT2D eigenvalue weighted by molar-refractivity contribution is 0.0517.